The molecule has 148 valence electrons. The van der Waals surface area contributed by atoms with Crippen LogP contribution in [-0.2, 0) is 14.3 Å². The van der Waals surface area contributed by atoms with Gasteiger partial charge in [0.05, 0.1) is 19.3 Å². The highest BCUT2D eigenvalue weighted by Crippen LogP contribution is 2.40. The van der Waals surface area contributed by atoms with E-state index in [1.807, 2.05) is 4.90 Å². The molecule has 0 bridgehead atoms. The Morgan fingerprint density at radius 2 is 2.00 bits per heavy atom. The van der Waals surface area contributed by atoms with E-state index in [1.54, 1.807) is 12.1 Å². The molecule has 1 aromatic carbocycles. The Labute approximate surface area is 156 Å². The first-order valence-corrected chi connectivity index (χ1v) is 9.17. The molecule has 3 atom stereocenters. The topological polar surface area (TPSA) is 67.9 Å². The smallest absolute Gasteiger partial charge is 0.387 e. The van der Waals surface area contributed by atoms with Crippen LogP contribution in [0.2, 0.25) is 0 Å². The van der Waals surface area contributed by atoms with Crippen LogP contribution in [0, 0.1) is 5.92 Å². The number of nitrogens with one attached hydrogen (secondary N) is 1. The lowest BCUT2D eigenvalue weighted by molar-refractivity contribution is -0.146. The predicted octanol–water partition coefficient (Wildman–Crippen LogP) is 3.03. The number of hydrogen-bond donors (Lipinski definition) is 1. The summed E-state index contributed by atoms with van der Waals surface area (Å²) in [7, 11) is 1.35. The summed E-state index contributed by atoms with van der Waals surface area (Å²) in [5.41, 5.74) is 0.178. The standard InChI is InChI=1S/C19H24F2N2O4/c1-26-18(25)15-10-12-6-2-4-8-14(12)23(15)11-17(24)22-13-7-3-5-9-16(13)27-19(20)21/h3,5,7,9,12,14-15,19H,2,4,6,8,10-11H2,1H3,(H,22,24)/t12-,14+,15-/m0/s1. The lowest BCUT2D eigenvalue weighted by atomic mass is 9.85. The average molecular weight is 382 g/mol. The molecule has 8 heteroatoms. The Bertz CT molecular complexity index is 685. The van der Waals surface area contributed by atoms with Gasteiger partial charge in [-0.3, -0.25) is 14.5 Å². The van der Waals surface area contributed by atoms with Crippen molar-refractivity contribution in [2.45, 2.75) is 50.8 Å². The highest BCUT2D eigenvalue weighted by Gasteiger charge is 2.46. The first kappa shape index (κ1) is 19.5. The number of halogens is 2. The molecule has 1 aliphatic heterocycles. The van der Waals surface area contributed by atoms with Gasteiger partial charge >= 0.3 is 12.6 Å². The molecule has 3 rings (SSSR count). The summed E-state index contributed by atoms with van der Waals surface area (Å²) >= 11 is 0. The van der Waals surface area contributed by atoms with Crippen molar-refractivity contribution in [3.8, 4) is 5.75 Å². The largest absolute Gasteiger partial charge is 0.468 e. The van der Waals surface area contributed by atoms with Gasteiger partial charge in [0, 0.05) is 6.04 Å². The molecule has 1 aliphatic carbocycles. The minimum Gasteiger partial charge on any atom is -0.468 e. The van der Waals surface area contributed by atoms with E-state index in [4.69, 9.17) is 4.74 Å². The Morgan fingerprint density at radius 3 is 2.74 bits per heavy atom. The number of carbonyl (C=O) groups excluding carboxylic acids is 2. The van der Waals surface area contributed by atoms with E-state index < -0.39 is 12.7 Å². The maximum atomic E-state index is 12.6. The second kappa shape index (κ2) is 8.65. The number of hydrogen-bond acceptors (Lipinski definition) is 5. The third-order valence-electron chi connectivity index (χ3n) is 5.40. The molecule has 2 aliphatic rings. The second-order valence-electron chi connectivity index (χ2n) is 6.98. The van der Waals surface area contributed by atoms with Gasteiger partial charge in [-0.1, -0.05) is 25.0 Å². The third-order valence-corrected chi connectivity index (χ3v) is 5.40. The highest BCUT2D eigenvalue weighted by molar-refractivity contribution is 5.94. The summed E-state index contributed by atoms with van der Waals surface area (Å²) < 4.78 is 34.4. The van der Waals surface area contributed by atoms with Crippen molar-refractivity contribution in [1.82, 2.24) is 4.90 Å². The zero-order valence-corrected chi connectivity index (χ0v) is 15.2. The number of amides is 1. The number of ether oxygens (including phenoxy) is 2. The summed E-state index contributed by atoms with van der Waals surface area (Å²) in [5.74, 6) is -0.425. The molecule has 27 heavy (non-hydrogen) atoms. The van der Waals surface area contributed by atoms with E-state index in [0.717, 1.165) is 25.7 Å². The molecular weight excluding hydrogens is 358 g/mol. The molecule has 1 aromatic rings. The number of likely N-dealkylation sites (tertiary alicyclic amines) is 1. The molecule has 1 saturated carbocycles. The zero-order chi connectivity index (χ0) is 19.4. The fourth-order valence-electron chi connectivity index (χ4n) is 4.27. The van der Waals surface area contributed by atoms with E-state index in [-0.39, 0.29) is 35.9 Å². The molecule has 1 amide bonds. The summed E-state index contributed by atoms with van der Waals surface area (Å²) in [6.45, 7) is -2.97. The highest BCUT2D eigenvalue weighted by atomic mass is 19.3. The number of alkyl halides is 2. The summed E-state index contributed by atoms with van der Waals surface area (Å²) in [6.07, 6.45) is 4.87. The fraction of sp³-hybridized carbons (Fsp3) is 0.579. The van der Waals surface area contributed by atoms with Gasteiger partial charge in [0.2, 0.25) is 5.91 Å². The molecule has 2 fully saturated rings. The van der Waals surface area contributed by atoms with E-state index in [2.05, 4.69) is 10.1 Å². The molecule has 0 radical (unpaired) electrons. The number of rotatable bonds is 6. The number of carbonyl (C=O) groups is 2. The van der Waals surface area contributed by atoms with Gasteiger partial charge < -0.3 is 14.8 Å². The molecular formula is C19H24F2N2O4. The molecule has 0 spiro atoms. The van der Waals surface area contributed by atoms with E-state index in [1.165, 1.54) is 19.2 Å². The fourth-order valence-corrected chi connectivity index (χ4v) is 4.27. The lowest BCUT2D eigenvalue weighted by Crippen LogP contribution is -2.46. The van der Waals surface area contributed by atoms with Gasteiger partial charge in [-0.2, -0.15) is 8.78 Å². The summed E-state index contributed by atoms with van der Waals surface area (Å²) in [4.78, 5) is 26.7. The Kier molecular flexibility index (Phi) is 6.26. The van der Waals surface area contributed by atoms with Crippen LogP contribution in [0.4, 0.5) is 14.5 Å². The van der Waals surface area contributed by atoms with Crippen LogP contribution >= 0.6 is 0 Å². The first-order chi connectivity index (χ1) is 13.0. The minimum absolute atomic E-state index is 0.00391. The second-order valence-corrected chi connectivity index (χ2v) is 6.98. The van der Waals surface area contributed by atoms with Crippen molar-refractivity contribution < 1.29 is 27.8 Å². The number of para-hydroxylation sites is 2. The van der Waals surface area contributed by atoms with Crippen molar-refractivity contribution >= 4 is 17.6 Å². The molecule has 1 N–H and O–H groups in total. The SMILES string of the molecule is COC(=O)[C@@H]1C[C@@H]2CCCC[C@H]2N1CC(=O)Nc1ccccc1OC(F)F. The number of nitrogens with zero attached hydrogens (tertiary/aromatic N) is 1. The summed E-state index contributed by atoms with van der Waals surface area (Å²) in [6, 6.07) is 5.77. The van der Waals surface area contributed by atoms with Gasteiger partial charge in [0.15, 0.2) is 0 Å². The maximum Gasteiger partial charge on any atom is 0.387 e. The average Bonchev–Trinajstić information content (AvgIpc) is 3.01. The van der Waals surface area contributed by atoms with Crippen molar-refractivity contribution in [3.63, 3.8) is 0 Å². The zero-order valence-electron chi connectivity index (χ0n) is 15.2. The van der Waals surface area contributed by atoms with E-state index >= 15 is 0 Å². The van der Waals surface area contributed by atoms with Crippen molar-refractivity contribution in [1.29, 1.82) is 0 Å². The third kappa shape index (κ3) is 4.55. The quantitative estimate of drug-likeness (QED) is 0.766. The van der Waals surface area contributed by atoms with Crippen LogP contribution in [0.1, 0.15) is 32.1 Å². The maximum absolute atomic E-state index is 12.6. The molecule has 0 aromatic heterocycles. The number of esters is 1. The Hall–Kier alpha value is -2.22. The molecule has 1 saturated heterocycles. The number of benzene rings is 1. The van der Waals surface area contributed by atoms with Crippen LogP contribution in [-0.4, -0.2) is 49.1 Å². The monoisotopic (exact) mass is 382 g/mol. The normalized spacial score (nSPS) is 25.1. The van der Waals surface area contributed by atoms with Crippen molar-refractivity contribution in [2.75, 3.05) is 19.0 Å². The van der Waals surface area contributed by atoms with Crippen LogP contribution in [0.15, 0.2) is 24.3 Å². The van der Waals surface area contributed by atoms with Crippen molar-refractivity contribution in [2.24, 2.45) is 5.92 Å². The van der Waals surface area contributed by atoms with E-state index in [0.29, 0.717) is 12.3 Å². The first-order valence-electron chi connectivity index (χ1n) is 9.17. The number of anilines is 1. The minimum atomic E-state index is -2.98. The molecule has 0 unspecified atom stereocenters. The Morgan fingerprint density at radius 1 is 1.26 bits per heavy atom. The van der Waals surface area contributed by atoms with Gasteiger partial charge in [-0.05, 0) is 37.3 Å². The van der Waals surface area contributed by atoms with Crippen LogP contribution in [0.5, 0.6) is 5.75 Å². The van der Waals surface area contributed by atoms with Gasteiger partial charge in [0.25, 0.3) is 0 Å². The van der Waals surface area contributed by atoms with Gasteiger partial charge in [-0.25, -0.2) is 0 Å². The van der Waals surface area contributed by atoms with Crippen LogP contribution in [0.25, 0.3) is 0 Å². The van der Waals surface area contributed by atoms with Crippen LogP contribution < -0.4 is 10.1 Å². The Balaban J connectivity index is 1.71. The number of fused-ring (bicyclic) bond motifs is 1. The van der Waals surface area contributed by atoms with Crippen LogP contribution in [0.3, 0.4) is 0 Å². The molecule has 6 nitrogen and oxygen atoms in total. The van der Waals surface area contributed by atoms with E-state index in [9.17, 15) is 18.4 Å². The summed E-state index contributed by atoms with van der Waals surface area (Å²) in [5, 5.41) is 2.62. The van der Waals surface area contributed by atoms with Gasteiger partial charge in [0.1, 0.15) is 11.8 Å². The predicted molar refractivity (Wildman–Crippen MR) is 94.6 cm³/mol. The lowest BCUT2D eigenvalue weighted by Gasteiger charge is -2.32. The molecule has 1 heterocycles. The number of methoxy groups -OCH3 is 1. The van der Waals surface area contributed by atoms with Gasteiger partial charge in [-0.15, -0.1) is 0 Å². The van der Waals surface area contributed by atoms with Crippen molar-refractivity contribution in [3.05, 3.63) is 24.3 Å².